The Kier molecular flexibility index (Phi) is 7.29. The van der Waals surface area contributed by atoms with E-state index in [0.717, 1.165) is 6.42 Å². The second-order valence-corrected chi connectivity index (χ2v) is 7.91. The Bertz CT molecular complexity index is 338. The quantitative estimate of drug-likeness (QED) is 0.407. The Morgan fingerprint density at radius 3 is 2.06 bits per heavy atom. The van der Waals surface area contributed by atoms with Crippen LogP contribution >= 0.6 is 15.2 Å². The van der Waals surface area contributed by atoms with Gasteiger partial charge in [0.15, 0.2) is 5.40 Å². The number of hydrogen-bond acceptors (Lipinski definition) is 3. The zero-order valence-corrected chi connectivity index (χ0v) is 11.8. The lowest BCUT2D eigenvalue weighted by molar-refractivity contribution is -0.121. The normalized spacial score (nSPS) is 12.8. The number of carbonyl (C=O) groups excluding carboxylic acids is 1. The highest BCUT2D eigenvalue weighted by Crippen LogP contribution is 2.61. The molecule has 5 N–H and O–H groups in total. The zero-order chi connectivity index (χ0) is 14.4. The second-order valence-electron chi connectivity index (χ2n) is 3.90. The highest BCUT2D eigenvalue weighted by atomic mass is 31.2. The summed E-state index contributed by atoms with van der Waals surface area (Å²) < 4.78 is 21.8. The van der Waals surface area contributed by atoms with E-state index in [1.807, 2.05) is 6.92 Å². The zero-order valence-electron chi connectivity index (χ0n) is 10.0. The SMILES string of the molecule is CCCCC(=O)NCCC(P(=O)(O)O)P(=O)(O)O. The molecule has 0 bridgehead atoms. The summed E-state index contributed by atoms with van der Waals surface area (Å²) in [6.45, 7) is 1.73. The highest BCUT2D eigenvalue weighted by molar-refractivity contribution is 7.70. The second kappa shape index (κ2) is 7.38. The van der Waals surface area contributed by atoms with Gasteiger partial charge >= 0.3 is 15.2 Å². The summed E-state index contributed by atoms with van der Waals surface area (Å²) in [5.74, 6) is -0.299. The molecule has 0 aromatic carbocycles. The van der Waals surface area contributed by atoms with Gasteiger partial charge in [0, 0.05) is 13.0 Å². The standard InChI is InChI=1S/C8H19NO7P2/c1-2-3-4-7(10)9-6-5-8(17(11,12)13)18(14,15)16/h8H,2-6H2,1H3,(H,9,10)(H2,11,12,13)(H2,14,15,16). The van der Waals surface area contributed by atoms with Crippen LogP contribution in [0, 0.1) is 0 Å². The van der Waals surface area contributed by atoms with E-state index in [-0.39, 0.29) is 18.9 Å². The predicted octanol–water partition coefficient (Wildman–Crippen LogP) is 0.364. The van der Waals surface area contributed by atoms with Crippen LogP contribution in [0.5, 0.6) is 0 Å². The van der Waals surface area contributed by atoms with E-state index >= 15 is 0 Å². The number of unbranched alkanes of at least 4 members (excludes halogenated alkanes) is 1. The van der Waals surface area contributed by atoms with Gasteiger partial charge in [0.25, 0.3) is 0 Å². The molecule has 0 aromatic heterocycles. The summed E-state index contributed by atoms with van der Waals surface area (Å²) in [4.78, 5) is 46.5. The largest absolute Gasteiger partial charge is 0.356 e. The van der Waals surface area contributed by atoms with Crippen molar-refractivity contribution in [1.82, 2.24) is 5.32 Å². The van der Waals surface area contributed by atoms with Crippen molar-refractivity contribution in [1.29, 1.82) is 0 Å². The van der Waals surface area contributed by atoms with E-state index in [1.165, 1.54) is 0 Å². The summed E-state index contributed by atoms with van der Waals surface area (Å²) in [5.41, 5.74) is 0. The first-order valence-electron chi connectivity index (χ1n) is 5.46. The molecule has 0 aromatic rings. The molecule has 0 fully saturated rings. The first kappa shape index (κ1) is 17.8. The van der Waals surface area contributed by atoms with E-state index in [4.69, 9.17) is 19.6 Å². The van der Waals surface area contributed by atoms with Crippen LogP contribution in [0.1, 0.15) is 32.6 Å². The summed E-state index contributed by atoms with van der Waals surface area (Å²) in [6, 6.07) is 0. The van der Waals surface area contributed by atoms with E-state index in [2.05, 4.69) is 5.32 Å². The van der Waals surface area contributed by atoms with E-state index in [9.17, 15) is 13.9 Å². The molecule has 0 aliphatic carbocycles. The Hall–Kier alpha value is -0.230. The Labute approximate surface area is 105 Å². The molecular weight excluding hydrogens is 284 g/mol. The van der Waals surface area contributed by atoms with Gasteiger partial charge in [-0.25, -0.2) is 0 Å². The maximum Gasteiger partial charge on any atom is 0.340 e. The molecule has 0 unspecified atom stereocenters. The van der Waals surface area contributed by atoms with Crippen LogP contribution in [0.3, 0.4) is 0 Å². The lowest BCUT2D eigenvalue weighted by Crippen LogP contribution is -2.27. The third-order valence-corrected chi connectivity index (χ3v) is 6.13. The molecule has 0 aliphatic heterocycles. The Morgan fingerprint density at radius 2 is 1.67 bits per heavy atom. The molecule has 0 spiro atoms. The average Bonchev–Trinajstić information content (AvgIpc) is 2.17. The van der Waals surface area contributed by atoms with Crippen LogP contribution in [-0.2, 0) is 13.9 Å². The van der Waals surface area contributed by atoms with Crippen LogP contribution in [0.25, 0.3) is 0 Å². The van der Waals surface area contributed by atoms with Crippen LogP contribution in [0.4, 0.5) is 0 Å². The minimum atomic E-state index is -4.89. The van der Waals surface area contributed by atoms with Gasteiger partial charge < -0.3 is 24.9 Å². The average molecular weight is 303 g/mol. The number of rotatable bonds is 8. The molecule has 1 amide bonds. The van der Waals surface area contributed by atoms with Crippen molar-refractivity contribution in [2.24, 2.45) is 0 Å². The van der Waals surface area contributed by atoms with Crippen molar-refractivity contribution in [3.8, 4) is 0 Å². The topological polar surface area (TPSA) is 144 Å². The molecule has 0 aliphatic rings. The number of amides is 1. The van der Waals surface area contributed by atoms with Crippen molar-refractivity contribution in [2.75, 3.05) is 6.54 Å². The first-order valence-corrected chi connectivity index (χ1v) is 8.82. The molecule has 0 radical (unpaired) electrons. The molecule has 108 valence electrons. The van der Waals surface area contributed by atoms with Gasteiger partial charge in [0.1, 0.15) is 0 Å². The lowest BCUT2D eigenvalue weighted by Gasteiger charge is -2.19. The Balaban J connectivity index is 4.27. The van der Waals surface area contributed by atoms with Crippen molar-refractivity contribution in [3.05, 3.63) is 0 Å². The maximum absolute atomic E-state index is 11.2. The summed E-state index contributed by atoms with van der Waals surface area (Å²) in [6.07, 6.45) is 1.34. The molecule has 18 heavy (non-hydrogen) atoms. The van der Waals surface area contributed by atoms with Gasteiger partial charge in [-0.3, -0.25) is 13.9 Å². The van der Waals surface area contributed by atoms with Crippen LogP contribution in [-0.4, -0.2) is 37.4 Å². The van der Waals surface area contributed by atoms with Gasteiger partial charge in [0.05, 0.1) is 0 Å². The Morgan fingerprint density at radius 1 is 1.17 bits per heavy atom. The van der Waals surface area contributed by atoms with E-state index in [0.29, 0.717) is 6.42 Å². The molecule has 0 atom stereocenters. The maximum atomic E-state index is 11.2. The van der Waals surface area contributed by atoms with Crippen LogP contribution in [0.2, 0.25) is 0 Å². The third kappa shape index (κ3) is 7.26. The number of hydrogen-bond donors (Lipinski definition) is 5. The van der Waals surface area contributed by atoms with Gasteiger partial charge in [-0.2, -0.15) is 0 Å². The fourth-order valence-electron chi connectivity index (χ4n) is 1.30. The fraction of sp³-hybridized carbons (Fsp3) is 0.875. The third-order valence-electron chi connectivity index (χ3n) is 2.26. The number of nitrogens with one attached hydrogen (secondary N) is 1. The first-order chi connectivity index (χ1) is 8.09. The molecule has 0 rings (SSSR count). The van der Waals surface area contributed by atoms with Crippen LogP contribution in [0.15, 0.2) is 0 Å². The monoisotopic (exact) mass is 303 g/mol. The summed E-state index contributed by atoms with van der Waals surface area (Å²) in [7, 11) is -9.79. The molecule has 8 nitrogen and oxygen atoms in total. The molecule has 10 heteroatoms. The van der Waals surface area contributed by atoms with Crippen molar-refractivity contribution < 1.29 is 33.5 Å². The van der Waals surface area contributed by atoms with E-state index in [1.54, 1.807) is 0 Å². The smallest absolute Gasteiger partial charge is 0.340 e. The number of carbonyl (C=O) groups is 1. The van der Waals surface area contributed by atoms with Gasteiger partial charge in [-0.05, 0) is 12.8 Å². The molecule has 0 heterocycles. The lowest BCUT2D eigenvalue weighted by atomic mass is 10.2. The van der Waals surface area contributed by atoms with Crippen molar-refractivity contribution in [2.45, 2.75) is 38.0 Å². The van der Waals surface area contributed by atoms with Gasteiger partial charge in [0.2, 0.25) is 5.91 Å². The van der Waals surface area contributed by atoms with Crippen molar-refractivity contribution >= 4 is 21.1 Å². The van der Waals surface area contributed by atoms with Crippen LogP contribution < -0.4 is 5.32 Å². The predicted molar refractivity (Wildman–Crippen MR) is 65.0 cm³/mol. The molecular formula is C8H19NO7P2. The molecule has 0 saturated carbocycles. The highest BCUT2D eigenvalue weighted by Gasteiger charge is 2.42. The minimum absolute atomic E-state index is 0.177. The van der Waals surface area contributed by atoms with Gasteiger partial charge in [-0.1, -0.05) is 13.3 Å². The fourth-order valence-corrected chi connectivity index (χ4v) is 3.80. The van der Waals surface area contributed by atoms with Gasteiger partial charge in [-0.15, -0.1) is 0 Å². The summed E-state index contributed by atoms with van der Waals surface area (Å²) in [5, 5.41) is 0.308. The van der Waals surface area contributed by atoms with E-state index < -0.39 is 27.0 Å². The minimum Gasteiger partial charge on any atom is -0.356 e. The van der Waals surface area contributed by atoms with Crippen molar-refractivity contribution in [3.63, 3.8) is 0 Å². The molecule has 0 saturated heterocycles. The summed E-state index contributed by atoms with van der Waals surface area (Å²) >= 11 is 0.